The Morgan fingerprint density at radius 2 is 1.76 bits per heavy atom. The predicted molar refractivity (Wildman–Crippen MR) is 146 cm³/mol. The molecule has 0 radical (unpaired) electrons. The van der Waals surface area contributed by atoms with E-state index >= 15 is 0 Å². The van der Waals surface area contributed by atoms with Gasteiger partial charge in [0.2, 0.25) is 5.91 Å². The molecule has 0 saturated carbocycles. The number of hydrogen-bond acceptors (Lipinski definition) is 3. The summed E-state index contributed by atoms with van der Waals surface area (Å²) in [5, 5.41) is 5.38. The van der Waals surface area contributed by atoms with Crippen LogP contribution in [0.5, 0.6) is 0 Å². The summed E-state index contributed by atoms with van der Waals surface area (Å²) < 4.78 is 30.5. The summed E-state index contributed by atoms with van der Waals surface area (Å²) in [4.78, 5) is 18.1. The van der Waals surface area contributed by atoms with E-state index in [0.29, 0.717) is 36.8 Å². The smallest absolute Gasteiger partial charge is 0.227 e. The first-order chi connectivity index (χ1) is 18.0. The fraction of sp³-hybridized carbons (Fsp3) is 0.467. The fourth-order valence-electron chi connectivity index (χ4n) is 5.97. The number of carbonyl (C=O) groups excluding carboxylic acids is 1. The van der Waals surface area contributed by atoms with Crippen molar-refractivity contribution in [2.24, 2.45) is 5.92 Å². The molecule has 202 valence electrons. The van der Waals surface area contributed by atoms with Crippen molar-refractivity contribution in [2.75, 3.05) is 26.2 Å². The molecule has 5 rings (SSSR count). The van der Waals surface area contributed by atoms with Crippen molar-refractivity contribution in [2.45, 2.75) is 57.9 Å². The lowest BCUT2D eigenvalue weighted by atomic mass is 9.86. The molecule has 1 amide bonds. The third-order valence-electron chi connectivity index (χ3n) is 8.08. The summed E-state index contributed by atoms with van der Waals surface area (Å²) in [6, 6.07) is 13.5. The van der Waals surface area contributed by atoms with Crippen LogP contribution < -0.4 is 0 Å². The van der Waals surface area contributed by atoms with Gasteiger partial charge in [0.15, 0.2) is 0 Å². The number of aryl methyl sites for hydroxylation is 1. The van der Waals surface area contributed by atoms with E-state index in [0.717, 1.165) is 36.0 Å². The van der Waals surface area contributed by atoms with E-state index in [1.807, 2.05) is 40.8 Å². The summed E-state index contributed by atoms with van der Waals surface area (Å²) in [6.07, 6.45) is 1.64. The van der Waals surface area contributed by atoms with Crippen LogP contribution in [0.15, 0.2) is 48.5 Å². The van der Waals surface area contributed by atoms with Crippen molar-refractivity contribution in [3.8, 4) is 5.69 Å². The van der Waals surface area contributed by atoms with Gasteiger partial charge < -0.3 is 4.90 Å². The van der Waals surface area contributed by atoms with Gasteiger partial charge in [0.05, 0.1) is 17.3 Å². The Kier molecular flexibility index (Phi) is 7.35. The van der Waals surface area contributed by atoms with Gasteiger partial charge in [-0.25, -0.2) is 13.5 Å². The van der Waals surface area contributed by atoms with Gasteiger partial charge in [0.25, 0.3) is 0 Å². The van der Waals surface area contributed by atoms with Gasteiger partial charge in [0.1, 0.15) is 11.6 Å². The number of rotatable bonds is 4. The minimum absolute atomic E-state index is 0.0588. The maximum Gasteiger partial charge on any atom is 0.227 e. The first-order valence-corrected chi connectivity index (χ1v) is 13.7. The number of nitrogens with zero attached hydrogens (tertiary/aromatic N) is 4. The molecule has 2 aliphatic rings. The highest BCUT2D eigenvalue weighted by molar-refractivity contribution is 6.30. The van der Waals surface area contributed by atoms with Gasteiger partial charge in [-0.2, -0.15) is 5.10 Å². The van der Waals surface area contributed by atoms with Crippen LogP contribution in [0.3, 0.4) is 0 Å². The van der Waals surface area contributed by atoms with Gasteiger partial charge in [-0.15, -0.1) is 0 Å². The summed E-state index contributed by atoms with van der Waals surface area (Å²) in [6.45, 7) is 10.7. The molecule has 5 nitrogen and oxygen atoms in total. The Hall–Kier alpha value is -2.77. The van der Waals surface area contributed by atoms with E-state index in [9.17, 15) is 13.6 Å². The SMILES string of the molecule is Cc1cc(C2CCN(C(=O)[C@@H]3CN(C(C)(C)C)C[C@H]3c3ccc(F)cc3F)CC2)n(-c2cccc(Cl)c2)n1. The second-order valence-electron chi connectivity index (χ2n) is 11.7. The first kappa shape index (κ1) is 26.8. The van der Waals surface area contributed by atoms with Crippen molar-refractivity contribution >= 4 is 17.5 Å². The van der Waals surface area contributed by atoms with Gasteiger partial charge in [-0.3, -0.25) is 9.69 Å². The number of amides is 1. The highest BCUT2D eigenvalue weighted by Crippen LogP contribution is 2.39. The molecular formula is C30H35ClF2N4O. The Labute approximate surface area is 228 Å². The molecular weight excluding hydrogens is 506 g/mol. The topological polar surface area (TPSA) is 41.4 Å². The van der Waals surface area contributed by atoms with Crippen LogP contribution >= 0.6 is 11.6 Å². The van der Waals surface area contributed by atoms with Gasteiger partial charge in [-0.1, -0.05) is 23.7 Å². The zero-order chi connectivity index (χ0) is 27.2. The Balaban J connectivity index is 1.34. The number of aromatic nitrogens is 2. The number of piperidine rings is 1. The van der Waals surface area contributed by atoms with Gasteiger partial charge in [0, 0.05) is 60.3 Å². The average molecular weight is 541 g/mol. The van der Waals surface area contributed by atoms with Crippen molar-refractivity contribution in [1.29, 1.82) is 0 Å². The fourth-order valence-corrected chi connectivity index (χ4v) is 6.16. The third kappa shape index (κ3) is 5.36. The van der Waals surface area contributed by atoms with Crippen molar-refractivity contribution in [1.82, 2.24) is 19.6 Å². The molecule has 2 aromatic carbocycles. The highest BCUT2D eigenvalue weighted by atomic mass is 35.5. The molecule has 3 heterocycles. The maximum absolute atomic E-state index is 14.8. The first-order valence-electron chi connectivity index (χ1n) is 13.3. The number of hydrogen-bond donors (Lipinski definition) is 0. The normalized spacial score (nSPS) is 21.3. The minimum Gasteiger partial charge on any atom is -0.342 e. The molecule has 0 unspecified atom stereocenters. The van der Waals surface area contributed by atoms with E-state index in [4.69, 9.17) is 16.7 Å². The molecule has 2 aliphatic heterocycles. The van der Waals surface area contributed by atoms with Crippen LogP contribution in [0.25, 0.3) is 5.69 Å². The van der Waals surface area contributed by atoms with E-state index < -0.39 is 11.6 Å². The molecule has 2 atom stereocenters. The lowest BCUT2D eigenvalue weighted by Crippen LogP contribution is -2.44. The van der Waals surface area contributed by atoms with E-state index in [1.54, 1.807) is 0 Å². The summed E-state index contributed by atoms with van der Waals surface area (Å²) in [7, 11) is 0. The molecule has 0 spiro atoms. The van der Waals surface area contributed by atoms with E-state index in [1.165, 1.54) is 12.1 Å². The zero-order valence-electron chi connectivity index (χ0n) is 22.4. The second-order valence-corrected chi connectivity index (χ2v) is 12.1. The van der Waals surface area contributed by atoms with Gasteiger partial charge in [-0.05, 0) is 76.4 Å². The van der Waals surface area contributed by atoms with Crippen LogP contribution in [-0.4, -0.2) is 57.2 Å². The molecule has 3 aromatic rings. The monoisotopic (exact) mass is 540 g/mol. The molecule has 0 N–H and O–H groups in total. The summed E-state index contributed by atoms with van der Waals surface area (Å²) in [5.74, 6) is -1.54. The van der Waals surface area contributed by atoms with E-state index in [2.05, 4.69) is 31.7 Å². The van der Waals surface area contributed by atoms with Crippen LogP contribution in [-0.2, 0) is 4.79 Å². The number of carbonyl (C=O) groups is 1. The van der Waals surface area contributed by atoms with Gasteiger partial charge >= 0.3 is 0 Å². The van der Waals surface area contributed by atoms with Crippen LogP contribution in [0.4, 0.5) is 8.78 Å². The summed E-state index contributed by atoms with van der Waals surface area (Å²) >= 11 is 6.24. The lowest BCUT2D eigenvalue weighted by molar-refractivity contribution is -0.136. The van der Waals surface area contributed by atoms with Crippen LogP contribution in [0, 0.1) is 24.5 Å². The molecule has 1 aromatic heterocycles. The molecule has 2 saturated heterocycles. The van der Waals surface area contributed by atoms with E-state index in [-0.39, 0.29) is 29.2 Å². The molecule has 0 aliphatic carbocycles. The van der Waals surface area contributed by atoms with Crippen molar-refractivity contribution in [3.63, 3.8) is 0 Å². The predicted octanol–water partition coefficient (Wildman–Crippen LogP) is 6.33. The minimum atomic E-state index is -0.603. The molecule has 2 fully saturated rings. The largest absolute Gasteiger partial charge is 0.342 e. The average Bonchev–Trinajstić information content (AvgIpc) is 3.48. The highest BCUT2D eigenvalue weighted by Gasteiger charge is 2.44. The van der Waals surface area contributed by atoms with Crippen molar-refractivity contribution < 1.29 is 13.6 Å². The number of halogens is 3. The maximum atomic E-state index is 14.8. The standard InChI is InChI=1S/C30H35ClF2N4O/c1-19-14-28(37(34-19)23-7-5-6-21(31)15-23)20-10-12-35(13-11-20)29(38)26-18-36(30(2,3)4)17-25(26)24-9-8-22(32)16-27(24)33/h5-9,14-16,20,25-26H,10-13,17-18H2,1-4H3/t25-,26+/m0/s1. The Morgan fingerprint density at radius 1 is 1.03 bits per heavy atom. The number of likely N-dealkylation sites (tertiary alicyclic amines) is 2. The van der Waals surface area contributed by atoms with Crippen LogP contribution in [0.1, 0.15) is 62.4 Å². The summed E-state index contributed by atoms with van der Waals surface area (Å²) in [5.41, 5.74) is 3.26. The molecule has 0 bridgehead atoms. The third-order valence-corrected chi connectivity index (χ3v) is 8.32. The van der Waals surface area contributed by atoms with Crippen LogP contribution in [0.2, 0.25) is 5.02 Å². The second kappa shape index (κ2) is 10.4. The molecule has 8 heteroatoms. The Morgan fingerprint density at radius 3 is 2.42 bits per heavy atom. The Bertz CT molecular complexity index is 1330. The lowest BCUT2D eigenvalue weighted by Gasteiger charge is -2.35. The quantitative estimate of drug-likeness (QED) is 0.388. The number of benzene rings is 2. The zero-order valence-corrected chi connectivity index (χ0v) is 23.2. The molecule has 38 heavy (non-hydrogen) atoms. The van der Waals surface area contributed by atoms with Crippen molar-refractivity contribution in [3.05, 3.63) is 82.1 Å².